The van der Waals surface area contributed by atoms with Crippen LogP contribution in [0.1, 0.15) is 33.2 Å². The largest absolute Gasteiger partial charge is 0.484 e. The number of carbonyl (C=O) groups excluding carboxylic acids is 3. The smallest absolute Gasteiger partial charge is 0.260 e. The zero-order chi connectivity index (χ0) is 24.9. The van der Waals surface area contributed by atoms with E-state index in [0.717, 1.165) is 0 Å². The fourth-order valence-electron chi connectivity index (χ4n) is 3.89. The summed E-state index contributed by atoms with van der Waals surface area (Å²) in [7, 11) is 0. The second-order valence-corrected chi connectivity index (χ2v) is 8.68. The summed E-state index contributed by atoms with van der Waals surface area (Å²) in [5.41, 5.74) is 1.80. The SMILES string of the molecule is CC(=O)c1ccc(N2CCN(C(=O)COc3ccc(C(=O)c4ccc(Cl)cc4)cc3)CC2)c(F)c1. The lowest BCUT2D eigenvalue weighted by Gasteiger charge is -2.36. The summed E-state index contributed by atoms with van der Waals surface area (Å²) in [4.78, 5) is 40.1. The van der Waals surface area contributed by atoms with Gasteiger partial charge in [0.1, 0.15) is 11.6 Å². The van der Waals surface area contributed by atoms with E-state index in [0.29, 0.717) is 59.3 Å². The van der Waals surface area contributed by atoms with Crippen molar-refractivity contribution in [3.05, 3.63) is 94.3 Å². The molecule has 1 heterocycles. The highest BCUT2D eigenvalue weighted by Gasteiger charge is 2.23. The monoisotopic (exact) mass is 494 g/mol. The van der Waals surface area contributed by atoms with Crippen LogP contribution in [-0.2, 0) is 4.79 Å². The van der Waals surface area contributed by atoms with Gasteiger partial charge in [-0.3, -0.25) is 14.4 Å². The van der Waals surface area contributed by atoms with Crippen LogP contribution < -0.4 is 9.64 Å². The predicted molar refractivity (Wildman–Crippen MR) is 132 cm³/mol. The average molecular weight is 495 g/mol. The van der Waals surface area contributed by atoms with Crippen molar-refractivity contribution < 1.29 is 23.5 Å². The number of ether oxygens (including phenoxy) is 1. The van der Waals surface area contributed by atoms with Crippen molar-refractivity contribution in [3.8, 4) is 5.75 Å². The first-order valence-electron chi connectivity index (χ1n) is 11.2. The number of piperazine rings is 1. The van der Waals surface area contributed by atoms with E-state index < -0.39 is 5.82 Å². The number of halogens is 2. The quantitative estimate of drug-likeness (QED) is 0.448. The molecule has 8 heteroatoms. The Morgan fingerprint density at radius 3 is 2.00 bits per heavy atom. The third-order valence-corrected chi connectivity index (χ3v) is 6.16. The number of hydrogen-bond donors (Lipinski definition) is 0. The standard InChI is InChI=1S/C27H24ClFN2O4/c1-18(32)21-6-11-25(24(29)16-21)30-12-14-31(15-13-30)26(33)17-35-23-9-4-20(5-10-23)27(34)19-2-7-22(28)8-3-19/h2-11,16H,12-15,17H2,1H3. The van der Waals surface area contributed by atoms with E-state index in [4.69, 9.17) is 16.3 Å². The molecule has 1 saturated heterocycles. The summed E-state index contributed by atoms with van der Waals surface area (Å²) in [6.45, 7) is 3.09. The summed E-state index contributed by atoms with van der Waals surface area (Å²) < 4.78 is 20.0. The molecule has 0 saturated carbocycles. The normalized spacial score (nSPS) is 13.5. The number of hydrogen-bond acceptors (Lipinski definition) is 5. The number of benzene rings is 3. The molecule has 3 aromatic rings. The molecule has 0 N–H and O–H groups in total. The van der Waals surface area contributed by atoms with Gasteiger partial charge in [-0.15, -0.1) is 0 Å². The van der Waals surface area contributed by atoms with Gasteiger partial charge < -0.3 is 14.5 Å². The minimum absolute atomic E-state index is 0.130. The highest BCUT2D eigenvalue weighted by atomic mass is 35.5. The lowest BCUT2D eigenvalue weighted by molar-refractivity contribution is -0.133. The van der Waals surface area contributed by atoms with Crippen LogP contribution in [0.5, 0.6) is 5.75 Å². The van der Waals surface area contributed by atoms with Crippen LogP contribution in [0.3, 0.4) is 0 Å². The van der Waals surface area contributed by atoms with Gasteiger partial charge >= 0.3 is 0 Å². The molecule has 4 rings (SSSR count). The fraction of sp³-hybridized carbons (Fsp3) is 0.222. The van der Waals surface area contributed by atoms with Crippen LogP contribution in [-0.4, -0.2) is 55.2 Å². The van der Waals surface area contributed by atoms with Crippen molar-refractivity contribution in [1.82, 2.24) is 4.90 Å². The molecule has 1 fully saturated rings. The van der Waals surface area contributed by atoms with Gasteiger partial charge in [0.15, 0.2) is 18.2 Å². The van der Waals surface area contributed by atoms with Crippen LogP contribution in [0.15, 0.2) is 66.7 Å². The maximum atomic E-state index is 14.4. The summed E-state index contributed by atoms with van der Waals surface area (Å²) in [5.74, 6) is -0.447. The van der Waals surface area contributed by atoms with Gasteiger partial charge in [0.2, 0.25) is 0 Å². The zero-order valence-corrected chi connectivity index (χ0v) is 19.9. The van der Waals surface area contributed by atoms with E-state index in [1.54, 1.807) is 65.6 Å². The Morgan fingerprint density at radius 2 is 1.43 bits per heavy atom. The number of ketones is 2. The molecule has 1 aliphatic heterocycles. The first-order chi connectivity index (χ1) is 16.8. The number of anilines is 1. The van der Waals surface area contributed by atoms with Gasteiger partial charge in [0.25, 0.3) is 5.91 Å². The van der Waals surface area contributed by atoms with Gasteiger partial charge in [-0.1, -0.05) is 11.6 Å². The van der Waals surface area contributed by atoms with Crippen LogP contribution in [0.25, 0.3) is 0 Å². The third kappa shape index (κ3) is 5.87. The predicted octanol–water partition coefficient (Wildman–Crippen LogP) is 4.64. The molecular formula is C27H24ClFN2O4. The summed E-state index contributed by atoms with van der Waals surface area (Å²) >= 11 is 5.87. The van der Waals surface area contributed by atoms with Gasteiger partial charge in [0.05, 0.1) is 5.69 Å². The Bertz CT molecular complexity index is 1240. The molecule has 0 spiro atoms. The van der Waals surface area contributed by atoms with Crippen molar-refractivity contribution in [3.63, 3.8) is 0 Å². The fourth-order valence-corrected chi connectivity index (χ4v) is 4.01. The Kier molecular flexibility index (Phi) is 7.46. The number of rotatable bonds is 7. The first-order valence-corrected chi connectivity index (χ1v) is 11.6. The molecule has 180 valence electrons. The van der Waals surface area contributed by atoms with E-state index in [1.165, 1.54) is 13.0 Å². The van der Waals surface area contributed by atoms with E-state index in [-0.39, 0.29) is 24.1 Å². The lowest BCUT2D eigenvalue weighted by atomic mass is 10.0. The Balaban J connectivity index is 1.27. The maximum Gasteiger partial charge on any atom is 0.260 e. The Labute approximate surface area is 207 Å². The molecule has 0 atom stereocenters. The molecule has 3 aromatic carbocycles. The number of Topliss-reactive ketones (excluding diaryl/α,β-unsaturated/α-hetero) is 1. The van der Waals surface area contributed by atoms with Crippen molar-refractivity contribution in [2.45, 2.75) is 6.92 Å². The molecule has 6 nitrogen and oxygen atoms in total. The van der Waals surface area contributed by atoms with Crippen LogP contribution >= 0.6 is 11.6 Å². The van der Waals surface area contributed by atoms with Crippen LogP contribution in [0.4, 0.5) is 10.1 Å². The van der Waals surface area contributed by atoms with Gasteiger partial charge in [-0.2, -0.15) is 0 Å². The van der Waals surface area contributed by atoms with Crippen molar-refractivity contribution in [1.29, 1.82) is 0 Å². The maximum absolute atomic E-state index is 14.4. The molecule has 0 aliphatic carbocycles. The zero-order valence-electron chi connectivity index (χ0n) is 19.2. The highest BCUT2D eigenvalue weighted by Crippen LogP contribution is 2.23. The summed E-state index contributed by atoms with van der Waals surface area (Å²) in [5, 5.41) is 0.562. The lowest BCUT2D eigenvalue weighted by Crippen LogP contribution is -2.50. The van der Waals surface area contributed by atoms with Gasteiger partial charge in [-0.05, 0) is 73.7 Å². The Morgan fingerprint density at radius 1 is 0.857 bits per heavy atom. The summed E-state index contributed by atoms with van der Waals surface area (Å²) in [6.07, 6.45) is 0. The molecule has 0 bridgehead atoms. The van der Waals surface area contributed by atoms with E-state index >= 15 is 0 Å². The van der Waals surface area contributed by atoms with Crippen molar-refractivity contribution in [2.75, 3.05) is 37.7 Å². The molecule has 35 heavy (non-hydrogen) atoms. The molecule has 0 aromatic heterocycles. The van der Waals surface area contributed by atoms with Gasteiger partial charge in [0, 0.05) is 47.9 Å². The van der Waals surface area contributed by atoms with Gasteiger partial charge in [-0.25, -0.2) is 4.39 Å². The second kappa shape index (κ2) is 10.7. The molecule has 1 amide bonds. The topological polar surface area (TPSA) is 66.9 Å². The highest BCUT2D eigenvalue weighted by molar-refractivity contribution is 6.30. The van der Waals surface area contributed by atoms with Crippen LogP contribution in [0, 0.1) is 5.82 Å². The number of carbonyl (C=O) groups is 3. The first kappa shape index (κ1) is 24.4. The van der Waals surface area contributed by atoms with Crippen molar-refractivity contribution >= 4 is 34.8 Å². The minimum atomic E-state index is -0.446. The van der Waals surface area contributed by atoms with E-state index in [1.807, 2.05) is 4.90 Å². The minimum Gasteiger partial charge on any atom is -0.484 e. The molecule has 0 radical (unpaired) electrons. The van der Waals surface area contributed by atoms with Crippen molar-refractivity contribution in [2.24, 2.45) is 0 Å². The van der Waals surface area contributed by atoms with E-state index in [2.05, 4.69) is 0 Å². The number of amides is 1. The average Bonchev–Trinajstić information content (AvgIpc) is 2.87. The number of nitrogens with zero attached hydrogens (tertiary/aromatic N) is 2. The third-order valence-electron chi connectivity index (χ3n) is 5.91. The molecule has 1 aliphatic rings. The van der Waals surface area contributed by atoms with E-state index in [9.17, 15) is 18.8 Å². The summed E-state index contributed by atoms with van der Waals surface area (Å²) in [6, 6.07) is 17.8. The molecule has 0 unspecified atom stereocenters. The van der Waals surface area contributed by atoms with Crippen LogP contribution in [0.2, 0.25) is 5.02 Å². The molecular weight excluding hydrogens is 471 g/mol. The Hall–Kier alpha value is -3.71. The second-order valence-electron chi connectivity index (χ2n) is 8.24.